The molecule has 0 saturated heterocycles. The number of rotatable bonds is 3. The zero-order valence-electron chi connectivity index (χ0n) is 16.8. The molecule has 0 bridgehead atoms. The van der Waals surface area contributed by atoms with Crippen LogP contribution in [0.15, 0.2) is 66.7 Å². The molecule has 0 spiro atoms. The van der Waals surface area contributed by atoms with Gasteiger partial charge in [0.15, 0.2) is 5.78 Å². The van der Waals surface area contributed by atoms with Crippen molar-refractivity contribution in [1.29, 1.82) is 0 Å². The number of ketones is 1. The molecule has 0 heterocycles. The van der Waals surface area contributed by atoms with Crippen molar-refractivity contribution in [2.24, 2.45) is 0 Å². The summed E-state index contributed by atoms with van der Waals surface area (Å²) in [7, 11) is 0. The molecule has 0 aliphatic rings. The van der Waals surface area contributed by atoms with Crippen LogP contribution in [0.25, 0.3) is 6.08 Å². The maximum Gasteiger partial charge on any atom is 0.185 e. The van der Waals surface area contributed by atoms with Crippen LogP contribution < -0.4 is 0 Å². The molecule has 0 aromatic heterocycles. The van der Waals surface area contributed by atoms with E-state index in [1.807, 2.05) is 122 Å². The minimum Gasteiger partial charge on any atom is -0.289 e. The molecule has 0 atom stereocenters. The summed E-state index contributed by atoms with van der Waals surface area (Å²) < 4.78 is 0. The topological polar surface area (TPSA) is 17.1 Å². The smallest absolute Gasteiger partial charge is 0.185 e. The summed E-state index contributed by atoms with van der Waals surface area (Å²) in [4.78, 5) is 11.7. The van der Waals surface area contributed by atoms with Crippen molar-refractivity contribution in [3.63, 3.8) is 0 Å². The highest BCUT2D eigenvalue weighted by Gasteiger charge is 1.98. The maximum atomic E-state index is 11.7. The molecular formula is C23H36O. The van der Waals surface area contributed by atoms with Gasteiger partial charge < -0.3 is 0 Å². The zero-order valence-corrected chi connectivity index (χ0v) is 16.8. The van der Waals surface area contributed by atoms with Gasteiger partial charge >= 0.3 is 0 Å². The fourth-order valence-corrected chi connectivity index (χ4v) is 1.43. The molecule has 0 saturated carbocycles. The molecule has 2 aromatic carbocycles. The summed E-state index contributed by atoms with van der Waals surface area (Å²) in [5.41, 5.74) is 1.75. The van der Waals surface area contributed by atoms with E-state index in [1.54, 1.807) is 6.08 Å². The quantitative estimate of drug-likeness (QED) is 0.417. The number of carbonyl (C=O) groups is 1. The minimum atomic E-state index is 0.0319. The van der Waals surface area contributed by atoms with E-state index in [2.05, 4.69) is 0 Å². The average molecular weight is 329 g/mol. The number of benzene rings is 2. The zero-order chi connectivity index (χ0) is 19.2. The molecule has 0 aliphatic carbocycles. The standard InChI is InChI=1S/C15H12O.4C2H6/c16-15(14-9-5-2-6-10-14)12-11-13-7-3-1-4-8-13;4*1-2/h1-12H;4*1-2H3. The first-order valence-corrected chi connectivity index (χ1v) is 9.19. The normalized spacial score (nSPS) is 8.00. The SMILES string of the molecule is CC.CC.CC.CC.O=C(C=Cc1ccccc1)c1ccccc1. The van der Waals surface area contributed by atoms with Crippen LogP contribution in [0.5, 0.6) is 0 Å². The summed E-state index contributed by atoms with van der Waals surface area (Å²) in [5, 5.41) is 0. The molecule has 2 aromatic rings. The second kappa shape index (κ2) is 23.1. The fourth-order valence-electron chi connectivity index (χ4n) is 1.43. The van der Waals surface area contributed by atoms with Gasteiger partial charge in [-0.3, -0.25) is 4.79 Å². The second-order valence-corrected chi connectivity index (χ2v) is 3.47. The van der Waals surface area contributed by atoms with E-state index in [4.69, 9.17) is 0 Å². The van der Waals surface area contributed by atoms with Crippen molar-refractivity contribution in [3.05, 3.63) is 77.9 Å². The van der Waals surface area contributed by atoms with Crippen molar-refractivity contribution in [2.75, 3.05) is 0 Å². The third-order valence-corrected chi connectivity index (χ3v) is 2.29. The van der Waals surface area contributed by atoms with Crippen LogP contribution in [0.4, 0.5) is 0 Å². The van der Waals surface area contributed by atoms with Gasteiger partial charge in [0.2, 0.25) is 0 Å². The molecular weight excluding hydrogens is 292 g/mol. The van der Waals surface area contributed by atoms with Gasteiger partial charge in [-0.2, -0.15) is 0 Å². The lowest BCUT2D eigenvalue weighted by molar-refractivity contribution is 0.104. The van der Waals surface area contributed by atoms with Crippen LogP contribution in [0.2, 0.25) is 0 Å². The van der Waals surface area contributed by atoms with E-state index >= 15 is 0 Å². The van der Waals surface area contributed by atoms with Crippen LogP contribution in [-0.2, 0) is 0 Å². The molecule has 134 valence electrons. The Labute approximate surface area is 150 Å². The van der Waals surface area contributed by atoms with Crippen LogP contribution in [0, 0.1) is 0 Å². The fraction of sp³-hybridized carbons (Fsp3) is 0.348. The highest BCUT2D eigenvalue weighted by atomic mass is 16.1. The Bertz CT molecular complexity index is 484. The molecule has 0 aliphatic heterocycles. The van der Waals surface area contributed by atoms with E-state index in [-0.39, 0.29) is 5.78 Å². The minimum absolute atomic E-state index is 0.0319. The van der Waals surface area contributed by atoms with E-state index in [0.29, 0.717) is 0 Å². The van der Waals surface area contributed by atoms with E-state index in [1.165, 1.54) is 0 Å². The first-order chi connectivity index (χ1) is 11.9. The van der Waals surface area contributed by atoms with Crippen molar-refractivity contribution < 1.29 is 4.79 Å². The molecule has 1 heteroatoms. The molecule has 0 amide bonds. The number of carbonyl (C=O) groups excluding carboxylic acids is 1. The average Bonchev–Trinajstić information content (AvgIpc) is 2.73. The predicted octanol–water partition coefficient (Wildman–Crippen LogP) is 7.69. The Balaban J connectivity index is -0.000000484. The predicted molar refractivity (Wildman–Crippen MR) is 112 cm³/mol. The number of hydrogen-bond acceptors (Lipinski definition) is 1. The molecule has 0 N–H and O–H groups in total. The van der Waals surface area contributed by atoms with Gasteiger partial charge in [0.1, 0.15) is 0 Å². The lowest BCUT2D eigenvalue weighted by Gasteiger charge is -1.94. The highest BCUT2D eigenvalue weighted by Crippen LogP contribution is 2.05. The Kier molecular flexibility index (Phi) is 25.8. The molecule has 24 heavy (non-hydrogen) atoms. The Morgan fingerprint density at radius 3 is 1.42 bits per heavy atom. The number of hydrogen-bond donors (Lipinski definition) is 0. The molecule has 0 fully saturated rings. The third-order valence-electron chi connectivity index (χ3n) is 2.29. The van der Waals surface area contributed by atoms with Crippen LogP contribution in [0.3, 0.4) is 0 Å². The van der Waals surface area contributed by atoms with Gasteiger partial charge in [-0.05, 0) is 11.6 Å². The Morgan fingerprint density at radius 1 is 0.625 bits per heavy atom. The van der Waals surface area contributed by atoms with Crippen LogP contribution >= 0.6 is 0 Å². The van der Waals surface area contributed by atoms with Gasteiger partial charge in [0.25, 0.3) is 0 Å². The van der Waals surface area contributed by atoms with Gasteiger partial charge in [-0.1, -0.05) is 122 Å². The molecule has 0 radical (unpaired) electrons. The van der Waals surface area contributed by atoms with Crippen molar-refractivity contribution in [2.45, 2.75) is 55.4 Å². The van der Waals surface area contributed by atoms with Gasteiger partial charge in [0, 0.05) is 5.56 Å². The van der Waals surface area contributed by atoms with Crippen molar-refractivity contribution in [1.82, 2.24) is 0 Å². The lowest BCUT2D eigenvalue weighted by Crippen LogP contribution is -1.92. The Morgan fingerprint density at radius 2 is 1.00 bits per heavy atom. The first kappa shape index (κ1) is 26.7. The summed E-state index contributed by atoms with van der Waals surface area (Å²) >= 11 is 0. The summed E-state index contributed by atoms with van der Waals surface area (Å²) in [6.45, 7) is 16.0. The molecule has 2 rings (SSSR count). The largest absolute Gasteiger partial charge is 0.289 e. The van der Waals surface area contributed by atoms with E-state index in [0.717, 1.165) is 11.1 Å². The summed E-state index contributed by atoms with van der Waals surface area (Å²) in [6.07, 6.45) is 3.43. The monoisotopic (exact) mass is 328 g/mol. The van der Waals surface area contributed by atoms with Crippen molar-refractivity contribution in [3.8, 4) is 0 Å². The first-order valence-electron chi connectivity index (χ1n) is 9.19. The molecule has 1 nitrogen and oxygen atoms in total. The summed E-state index contributed by atoms with van der Waals surface area (Å²) in [5.74, 6) is 0.0319. The van der Waals surface area contributed by atoms with Gasteiger partial charge in [-0.25, -0.2) is 0 Å². The van der Waals surface area contributed by atoms with Crippen molar-refractivity contribution >= 4 is 11.9 Å². The second-order valence-electron chi connectivity index (χ2n) is 3.47. The summed E-state index contributed by atoms with van der Waals surface area (Å²) in [6, 6.07) is 19.1. The lowest BCUT2D eigenvalue weighted by atomic mass is 10.1. The highest BCUT2D eigenvalue weighted by molar-refractivity contribution is 6.06. The van der Waals surface area contributed by atoms with Crippen LogP contribution in [0.1, 0.15) is 71.3 Å². The van der Waals surface area contributed by atoms with Gasteiger partial charge in [0.05, 0.1) is 0 Å². The molecule has 0 unspecified atom stereocenters. The van der Waals surface area contributed by atoms with Crippen LogP contribution in [-0.4, -0.2) is 5.78 Å². The third kappa shape index (κ3) is 13.5. The Hall–Kier alpha value is -2.15. The van der Waals surface area contributed by atoms with E-state index in [9.17, 15) is 4.79 Å². The van der Waals surface area contributed by atoms with Gasteiger partial charge in [-0.15, -0.1) is 0 Å². The van der Waals surface area contributed by atoms with E-state index < -0.39 is 0 Å². The number of allylic oxidation sites excluding steroid dienone is 1. The maximum absolute atomic E-state index is 11.7.